The molecule has 0 aromatic heterocycles. The Morgan fingerprint density at radius 2 is 1.50 bits per heavy atom. The van der Waals surface area contributed by atoms with Gasteiger partial charge in [0.1, 0.15) is 5.75 Å². The number of hydrogen-bond donors (Lipinski definition) is 0. The molecule has 1 atom stereocenters. The first kappa shape index (κ1) is 19.5. The van der Waals surface area contributed by atoms with Crippen LogP contribution < -0.4 is 9.64 Å². The lowest BCUT2D eigenvalue weighted by atomic mass is 10.0. The van der Waals surface area contributed by atoms with Gasteiger partial charge in [-0.1, -0.05) is 66.7 Å². The van der Waals surface area contributed by atoms with E-state index in [1.807, 2.05) is 85.5 Å². The highest BCUT2D eigenvalue weighted by Crippen LogP contribution is 2.23. The molecule has 0 heterocycles. The molecule has 0 radical (unpaired) electrons. The van der Waals surface area contributed by atoms with Gasteiger partial charge >= 0.3 is 6.16 Å². The summed E-state index contributed by atoms with van der Waals surface area (Å²) >= 11 is 0. The van der Waals surface area contributed by atoms with Gasteiger partial charge in [0.05, 0.1) is 0 Å². The lowest BCUT2D eigenvalue weighted by molar-refractivity contribution is 0.0643. The van der Waals surface area contributed by atoms with Crippen molar-refractivity contribution in [2.45, 2.75) is 26.5 Å². The summed E-state index contributed by atoms with van der Waals surface area (Å²) in [6.45, 7) is 4.57. The molecule has 0 amide bonds. The van der Waals surface area contributed by atoms with Crippen molar-refractivity contribution in [3.63, 3.8) is 0 Å². The quantitative estimate of drug-likeness (QED) is 0.303. The molecule has 4 nitrogen and oxygen atoms in total. The second-order valence-corrected chi connectivity index (χ2v) is 6.46. The number of para-hydroxylation sites is 2. The van der Waals surface area contributed by atoms with Gasteiger partial charge in [0.25, 0.3) is 0 Å². The maximum absolute atomic E-state index is 12.4. The number of ether oxygens (including phenoxy) is 2. The predicted octanol–water partition coefficient (Wildman–Crippen LogP) is 5.67. The molecule has 28 heavy (non-hydrogen) atoms. The average Bonchev–Trinajstić information content (AvgIpc) is 2.71. The van der Waals surface area contributed by atoms with Crippen molar-refractivity contribution in [3.8, 4) is 5.75 Å². The summed E-state index contributed by atoms with van der Waals surface area (Å²) in [5.41, 5.74) is 3.09. The van der Waals surface area contributed by atoms with Gasteiger partial charge in [-0.3, -0.25) is 0 Å². The number of anilines is 1. The van der Waals surface area contributed by atoms with Crippen molar-refractivity contribution in [2.24, 2.45) is 0 Å². The van der Waals surface area contributed by atoms with Crippen molar-refractivity contribution in [2.75, 3.05) is 11.4 Å². The molecule has 4 heteroatoms. The van der Waals surface area contributed by atoms with E-state index < -0.39 is 12.4 Å². The van der Waals surface area contributed by atoms with E-state index in [0.29, 0.717) is 18.7 Å². The van der Waals surface area contributed by atoms with Crippen LogP contribution >= 0.6 is 0 Å². The number of rotatable bonds is 7. The van der Waals surface area contributed by atoms with Crippen LogP contribution in [0.4, 0.5) is 10.5 Å². The van der Waals surface area contributed by atoms with E-state index in [9.17, 15) is 4.79 Å². The van der Waals surface area contributed by atoms with Crippen LogP contribution in [0.3, 0.4) is 0 Å². The van der Waals surface area contributed by atoms with Crippen molar-refractivity contribution >= 4 is 11.8 Å². The van der Waals surface area contributed by atoms with E-state index >= 15 is 0 Å². The van der Waals surface area contributed by atoms with Gasteiger partial charge in [-0.2, -0.15) is 0 Å². The summed E-state index contributed by atoms with van der Waals surface area (Å²) in [6, 6.07) is 27.5. The molecule has 3 aromatic rings. The van der Waals surface area contributed by atoms with Gasteiger partial charge in [-0.05, 0) is 43.2 Å². The molecule has 3 aromatic carbocycles. The topological polar surface area (TPSA) is 38.8 Å². The molecule has 0 aliphatic carbocycles. The lowest BCUT2D eigenvalue weighted by Gasteiger charge is -2.29. The van der Waals surface area contributed by atoms with E-state index in [2.05, 4.69) is 12.1 Å². The summed E-state index contributed by atoms with van der Waals surface area (Å²) in [5.74, 6) is 0.520. The van der Waals surface area contributed by atoms with Crippen LogP contribution in [-0.4, -0.2) is 18.9 Å². The lowest BCUT2D eigenvalue weighted by Crippen LogP contribution is -2.37. The number of nitrogens with zero attached hydrogens (tertiary/aromatic N) is 1. The standard InChI is InChI=1S/C24H25NO3/c1-3-25(22-15-8-5-9-16-22)19(2)27-24(26)28-23-17-11-10-14-21(23)18-20-12-6-4-7-13-20/h4-17,19H,3,18H2,1-2H3. The van der Waals surface area contributed by atoms with Crippen LogP contribution in [0.15, 0.2) is 84.9 Å². The third kappa shape index (κ3) is 5.13. The number of carbonyl (C=O) groups is 1. The minimum absolute atomic E-state index is 0.443. The first-order chi connectivity index (χ1) is 13.7. The Balaban J connectivity index is 1.66. The number of carbonyl (C=O) groups excluding carboxylic acids is 1. The molecule has 0 saturated heterocycles. The fraction of sp³-hybridized carbons (Fsp3) is 0.208. The molecule has 144 valence electrons. The van der Waals surface area contributed by atoms with E-state index in [-0.39, 0.29) is 0 Å². The molecule has 0 spiro atoms. The fourth-order valence-electron chi connectivity index (χ4n) is 3.15. The minimum Gasteiger partial charge on any atom is -0.410 e. The Bertz CT molecular complexity index is 881. The van der Waals surface area contributed by atoms with Crippen molar-refractivity contribution in [1.82, 2.24) is 0 Å². The van der Waals surface area contributed by atoms with Crippen LogP contribution in [0.2, 0.25) is 0 Å². The zero-order valence-corrected chi connectivity index (χ0v) is 16.2. The predicted molar refractivity (Wildman–Crippen MR) is 112 cm³/mol. The normalized spacial score (nSPS) is 11.5. The van der Waals surface area contributed by atoms with Crippen LogP contribution in [0.5, 0.6) is 5.75 Å². The Morgan fingerprint density at radius 3 is 2.18 bits per heavy atom. The smallest absolute Gasteiger partial charge is 0.410 e. The molecule has 3 rings (SSSR count). The molecule has 0 aliphatic rings. The van der Waals surface area contributed by atoms with Gasteiger partial charge in [-0.15, -0.1) is 0 Å². The Morgan fingerprint density at radius 1 is 0.893 bits per heavy atom. The van der Waals surface area contributed by atoms with Gasteiger partial charge < -0.3 is 14.4 Å². The van der Waals surface area contributed by atoms with Crippen LogP contribution in [0.25, 0.3) is 0 Å². The van der Waals surface area contributed by atoms with E-state index in [4.69, 9.17) is 9.47 Å². The van der Waals surface area contributed by atoms with Gasteiger partial charge in [-0.25, -0.2) is 4.79 Å². The largest absolute Gasteiger partial charge is 0.515 e. The van der Waals surface area contributed by atoms with Crippen molar-refractivity contribution in [3.05, 3.63) is 96.1 Å². The third-order valence-electron chi connectivity index (χ3n) is 4.54. The summed E-state index contributed by atoms with van der Waals surface area (Å²) in [4.78, 5) is 14.4. The Hall–Kier alpha value is -3.27. The molecule has 0 N–H and O–H groups in total. The third-order valence-corrected chi connectivity index (χ3v) is 4.54. The van der Waals surface area contributed by atoms with Gasteiger partial charge in [0.15, 0.2) is 6.23 Å². The Kier molecular flexibility index (Phi) is 6.68. The zero-order valence-electron chi connectivity index (χ0n) is 16.2. The maximum Gasteiger partial charge on any atom is 0.515 e. The summed E-state index contributed by atoms with van der Waals surface area (Å²) in [5, 5.41) is 0. The van der Waals surface area contributed by atoms with Crippen molar-refractivity contribution < 1.29 is 14.3 Å². The average molecular weight is 375 g/mol. The molecular formula is C24H25NO3. The molecule has 0 fully saturated rings. The molecule has 0 aliphatic heterocycles. The fourth-order valence-corrected chi connectivity index (χ4v) is 3.15. The second-order valence-electron chi connectivity index (χ2n) is 6.46. The number of hydrogen-bond acceptors (Lipinski definition) is 4. The molecular weight excluding hydrogens is 350 g/mol. The van der Waals surface area contributed by atoms with Gasteiger partial charge in [0.2, 0.25) is 0 Å². The summed E-state index contributed by atoms with van der Waals surface area (Å²) in [6.07, 6.45) is -0.464. The highest BCUT2D eigenvalue weighted by molar-refractivity contribution is 5.65. The minimum atomic E-state index is -0.706. The highest BCUT2D eigenvalue weighted by atomic mass is 16.7. The zero-order chi connectivity index (χ0) is 19.8. The van der Waals surface area contributed by atoms with Gasteiger partial charge in [0, 0.05) is 18.7 Å². The molecule has 0 bridgehead atoms. The van der Waals surface area contributed by atoms with Crippen molar-refractivity contribution in [1.29, 1.82) is 0 Å². The first-order valence-corrected chi connectivity index (χ1v) is 9.49. The SMILES string of the molecule is CCN(c1ccccc1)C(C)OC(=O)Oc1ccccc1Cc1ccccc1. The van der Waals surface area contributed by atoms with E-state index in [1.165, 1.54) is 0 Å². The van der Waals surface area contributed by atoms with Crippen LogP contribution in [-0.2, 0) is 11.2 Å². The first-order valence-electron chi connectivity index (χ1n) is 9.49. The van der Waals surface area contributed by atoms with Crippen LogP contribution in [0, 0.1) is 0 Å². The summed E-state index contributed by atoms with van der Waals surface area (Å²) in [7, 11) is 0. The maximum atomic E-state index is 12.4. The highest BCUT2D eigenvalue weighted by Gasteiger charge is 2.19. The Labute approximate surface area is 166 Å². The number of benzene rings is 3. The monoisotopic (exact) mass is 375 g/mol. The molecule has 0 saturated carbocycles. The summed E-state index contributed by atoms with van der Waals surface area (Å²) < 4.78 is 11.1. The molecule has 1 unspecified atom stereocenters. The van der Waals surface area contributed by atoms with E-state index in [1.54, 1.807) is 6.07 Å². The van der Waals surface area contributed by atoms with Crippen LogP contribution in [0.1, 0.15) is 25.0 Å². The van der Waals surface area contributed by atoms with E-state index in [0.717, 1.165) is 16.8 Å². The second kappa shape index (κ2) is 9.60.